The predicted molar refractivity (Wildman–Crippen MR) is 86.3 cm³/mol. The van der Waals surface area contributed by atoms with E-state index in [4.69, 9.17) is 0 Å². The van der Waals surface area contributed by atoms with Crippen molar-refractivity contribution >= 4 is 17.2 Å². The van der Waals surface area contributed by atoms with Gasteiger partial charge in [0, 0.05) is 17.7 Å². The smallest absolute Gasteiger partial charge is 0.221 e. The van der Waals surface area contributed by atoms with Crippen molar-refractivity contribution in [2.24, 2.45) is 0 Å². The molecule has 5 nitrogen and oxygen atoms in total. The number of nitrogens with one attached hydrogen (secondary N) is 3. The van der Waals surface area contributed by atoms with E-state index in [1.807, 2.05) is 18.2 Å². The summed E-state index contributed by atoms with van der Waals surface area (Å²) < 4.78 is 0. The van der Waals surface area contributed by atoms with Gasteiger partial charge in [-0.15, -0.1) is 11.3 Å². The molecule has 3 rings (SSSR count). The maximum atomic E-state index is 12.0. The maximum Gasteiger partial charge on any atom is 0.221 e. The first-order chi connectivity index (χ1) is 10.7. The molecule has 1 amide bonds. The van der Waals surface area contributed by atoms with Crippen LogP contribution >= 0.6 is 11.3 Å². The summed E-state index contributed by atoms with van der Waals surface area (Å²) in [6, 6.07) is 11.5. The van der Waals surface area contributed by atoms with Crippen LogP contribution in [0.1, 0.15) is 29.3 Å². The second-order valence-corrected chi connectivity index (χ2v) is 6.32. The number of hydrazine groups is 1. The van der Waals surface area contributed by atoms with Gasteiger partial charge in [-0.05, 0) is 29.5 Å². The molecular formula is C16H19N3O2S. The Morgan fingerprint density at radius 1 is 1.27 bits per heavy atom. The molecule has 0 spiro atoms. The van der Waals surface area contributed by atoms with Crippen molar-refractivity contribution in [1.29, 1.82) is 0 Å². The predicted octanol–water partition coefficient (Wildman–Crippen LogP) is 2.07. The van der Waals surface area contributed by atoms with Gasteiger partial charge >= 0.3 is 0 Å². The lowest BCUT2D eigenvalue weighted by molar-refractivity contribution is -0.121. The Morgan fingerprint density at radius 2 is 2.14 bits per heavy atom. The minimum atomic E-state index is -0.0658. The fourth-order valence-corrected chi connectivity index (χ4v) is 3.35. The molecule has 116 valence electrons. The highest BCUT2D eigenvalue weighted by Gasteiger charge is 2.26. The molecule has 4 N–H and O–H groups in total. The largest absolute Gasteiger partial charge is 0.508 e. The number of thiophene rings is 1. The Bertz CT molecular complexity index is 630. The number of amides is 1. The highest BCUT2D eigenvalue weighted by atomic mass is 32.1. The average molecular weight is 317 g/mol. The topological polar surface area (TPSA) is 73.4 Å². The van der Waals surface area contributed by atoms with Gasteiger partial charge in [0.1, 0.15) is 5.75 Å². The van der Waals surface area contributed by atoms with Crippen LogP contribution in [0, 0.1) is 0 Å². The SMILES string of the molecule is O=C(CCc1ccccc1O)NC1CC(c2cccs2)NN1. The summed E-state index contributed by atoms with van der Waals surface area (Å²) in [4.78, 5) is 13.3. The number of rotatable bonds is 5. The van der Waals surface area contributed by atoms with E-state index in [9.17, 15) is 9.90 Å². The van der Waals surface area contributed by atoms with Gasteiger partial charge in [-0.25, -0.2) is 10.9 Å². The number of carbonyl (C=O) groups is 1. The summed E-state index contributed by atoms with van der Waals surface area (Å²) in [5.41, 5.74) is 7.11. The summed E-state index contributed by atoms with van der Waals surface area (Å²) in [6.07, 6.45) is 1.65. The molecule has 1 aliphatic rings. The number of hydrogen-bond acceptors (Lipinski definition) is 5. The highest BCUT2D eigenvalue weighted by molar-refractivity contribution is 7.10. The molecule has 2 unspecified atom stereocenters. The molecule has 2 aromatic rings. The standard InChI is InChI=1S/C16H19N3O2S/c20-13-5-2-1-4-11(13)7-8-16(21)17-15-10-12(18-19-15)14-6-3-9-22-14/h1-6,9,12,15,18-20H,7-8,10H2,(H,17,21). The van der Waals surface area contributed by atoms with Crippen LogP contribution in [0.25, 0.3) is 0 Å². The fraction of sp³-hybridized carbons (Fsp3) is 0.312. The Hall–Kier alpha value is -1.89. The third-order valence-corrected chi connectivity index (χ3v) is 4.72. The van der Waals surface area contributed by atoms with Gasteiger partial charge in [-0.1, -0.05) is 24.3 Å². The van der Waals surface area contributed by atoms with E-state index in [1.165, 1.54) is 4.88 Å². The van der Waals surface area contributed by atoms with Gasteiger partial charge in [0.15, 0.2) is 0 Å². The van der Waals surface area contributed by atoms with Crippen molar-refractivity contribution in [3.05, 3.63) is 52.2 Å². The number of phenols is 1. The third-order valence-electron chi connectivity index (χ3n) is 3.74. The van der Waals surface area contributed by atoms with Crippen LogP contribution in [0.4, 0.5) is 0 Å². The summed E-state index contributed by atoms with van der Waals surface area (Å²) in [5.74, 6) is 0.225. The van der Waals surface area contributed by atoms with E-state index in [0.717, 1.165) is 12.0 Å². The molecule has 1 aliphatic heterocycles. The molecule has 0 radical (unpaired) electrons. The molecular weight excluding hydrogens is 298 g/mol. The van der Waals surface area contributed by atoms with E-state index < -0.39 is 0 Å². The number of carbonyl (C=O) groups excluding carboxylic acids is 1. The van der Waals surface area contributed by atoms with Gasteiger partial charge in [0.2, 0.25) is 5.91 Å². The van der Waals surface area contributed by atoms with Gasteiger partial charge in [0.05, 0.1) is 12.2 Å². The Kier molecular flexibility index (Phi) is 4.72. The monoisotopic (exact) mass is 317 g/mol. The lowest BCUT2D eigenvalue weighted by Crippen LogP contribution is -2.44. The van der Waals surface area contributed by atoms with Crippen LogP contribution in [0.2, 0.25) is 0 Å². The van der Waals surface area contributed by atoms with Crippen molar-refractivity contribution in [3.8, 4) is 5.75 Å². The van der Waals surface area contributed by atoms with Crippen molar-refractivity contribution in [2.75, 3.05) is 0 Å². The van der Waals surface area contributed by atoms with Crippen molar-refractivity contribution < 1.29 is 9.90 Å². The molecule has 1 aromatic carbocycles. The lowest BCUT2D eigenvalue weighted by atomic mass is 10.1. The van der Waals surface area contributed by atoms with Crippen LogP contribution in [-0.2, 0) is 11.2 Å². The normalized spacial score (nSPS) is 20.9. The van der Waals surface area contributed by atoms with E-state index in [1.54, 1.807) is 23.5 Å². The average Bonchev–Trinajstić information content (AvgIpc) is 3.17. The summed E-state index contributed by atoms with van der Waals surface area (Å²) in [5, 5.41) is 14.7. The first kappa shape index (κ1) is 15.0. The number of para-hydroxylation sites is 1. The fourth-order valence-electron chi connectivity index (χ4n) is 2.56. The molecule has 1 fully saturated rings. The van der Waals surface area contributed by atoms with Crippen LogP contribution in [-0.4, -0.2) is 17.2 Å². The Balaban J connectivity index is 1.46. The van der Waals surface area contributed by atoms with Crippen molar-refractivity contribution in [3.63, 3.8) is 0 Å². The Morgan fingerprint density at radius 3 is 2.91 bits per heavy atom. The van der Waals surface area contributed by atoms with Gasteiger partial charge in [0.25, 0.3) is 0 Å². The lowest BCUT2D eigenvalue weighted by Gasteiger charge is -2.12. The summed E-state index contributed by atoms with van der Waals surface area (Å²) in [6.45, 7) is 0. The van der Waals surface area contributed by atoms with Crippen molar-refractivity contribution in [2.45, 2.75) is 31.5 Å². The molecule has 0 saturated carbocycles. The van der Waals surface area contributed by atoms with E-state index in [-0.39, 0.29) is 23.9 Å². The van der Waals surface area contributed by atoms with E-state index in [2.05, 4.69) is 27.6 Å². The van der Waals surface area contributed by atoms with Gasteiger partial charge in [-0.2, -0.15) is 0 Å². The van der Waals surface area contributed by atoms with Crippen LogP contribution in [0.3, 0.4) is 0 Å². The van der Waals surface area contributed by atoms with E-state index >= 15 is 0 Å². The molecule has 2 heterocycles. The quantitative estimate of drug-likeness (QED) is 0.681. The number of aryl methyl sites for hydroxylation is 1. The van der Waals surface area contributed by atoms with E-state index in [0.29, 0.717) is 12.8 Å². The van der Waals surface area contributed by atoms with Gasteiger partial charge < -0.3 is 10.4 Å². The number of aromatic hydroxyl groups is 1. The third kappa shape index (κ3) is 3.65. The summed E-state index contributed by atoms with van der Waals surface area (Å²) >= 11 is 1.71. The van der Waals surface area contributed by atoms with Gasteiger partial charge in [-0.3, -0.25) is 4.79 Å². The summed E-state index contributed by atoms with van der Waals surface area (Å²) in [7, 11) is 0. The number of hydrogen-bond donors (Lipinski definition) is 4. The molecule has 22 heavy (non-hydrogen) atoms. The molecule has 0 bridgehead atoms. The maximum absolute atomic E-state index is 12.0. The second kappa shape index (κ2) is 6.91. The van der Waals surface area contributed by atoms with Crippen LogP contribution in [0.5, 0.6) is 5.75 Å². The van der Waals surface area contributed by atoms with Crippen molar-refractivity contribution in [1.82, 2.24) is 16.2 Å². The number of benzene rings is 1. The first-order valence-electron chi connectivity index (χ1n) is 7.33. The molecule has 1 aromatic heterocycles. The highest BCUT2D eigenvalue weighted by Crippen LogP contribution is 2.25. The number of phenolic OH excluding ortho intramolecular Hbond substituents is 1. The zero-order valence-electron chi connectivity index (χ0n) is 12.1. The Labute approximate surface area is 133 Å². The molecule has 1 saturated heterocycles. The minimum Gasteiger partial charge on any atom is -0.508 e. The molecule has 2 atom stereocenters. The molecule has 0 aliphatic carbocycles. The first-order valence-corrected chi connectivity index (χ1v) is 8.21. The van der Waals surface area contributed by atoms with Crippen LogP contribution in [0.15, 0.2) is 41.8 Å². The minimum absolute atomic E-state index is 0.0191. The second-order valence-electron chi connectivity index (χ2n) is 5.34. The zero-order valence-corrected chi connectivity index (χ0v) is 12.9. The zero-order chi connectivity index (χ0) is 15.4. The van der Waals surface area contributed by atoms with Crippen LogP contribution < -0.4 is 16.2 Å². The molecule has 6 heteroatoms.